The van der Waals surface area contributed by atoms with Crippen molar-refractivity contribution in [3.8, 4) is 0 Å². The van der Waals surface area contributed by atoms with Crippen molar-refractivity contribution in [3.05, 3.63) is 21.4 Å². The van der Waals surface area contributed by atoms with Crippen LogP contribution in [0.2, 0.25) is 0 Å². The van der Waals surface area contributed by atoms with Crippen molar-refractivity contribution in [2.75, 3.05) is 19.6 Å². The molecule has 1 aliphatic carbocycles. The first-order chi connectivity index (χ1) is 11.1. The van der Waals surface area contributed by atoms with Gasteiger partial charge in [0.25, 0.3) is 5.91 Å². The Kier molecular flexibility index (Phi) is 5.05. The minimum atomic E-state index is 0.0656. The van der Waals surface area contributed by atoms with Gasteiger partial charge in [0.05, 0.1) is 4.88 Å². The molecule has 0 saturated carbocycles. The van der Waals surface area contributed by atoms with Crippen LogP contribution in [-0.2, 0) is 17.6 Å². The second kappa shape index (κ2) is 7.04. The maximum atomic E-state index is 12.7. The Morgan fingerprint density at radius 2 is 2.04 bits per heavy atom. The monoisotopic (exact) mass is 334 g/mol. The lowest BCUT2D eigenvalue weighted by Gasteiger charge is -2.29. The van der Waals surface area contributed by atoms with E-state index in [1.165, 1.54) is 10.4 Å². The third kappa shape index (κ3) is 3.60. The first-order valence-corrected chi connectivity index (χ1v) is 9.58. The van der Waals surface area contributed by atoms with E-state index in [0.717, 1.165) is 56.0 Å². The van der Waals surface area contributed by atoms with Crippen LogP contribution in [0.4, 0.5) is 0 Å². The molecular weight excluding hydrogens is 308 g/mol. The fourth-order valence-corrected chi connectivity index (χ4v) is 4.72. The number of thiophene rings is 1. The van der Waals surface area contributed by atoms with Gasteiger partial charge >= 0.3 is 0 Å². The second-order valence-electron chi connectivity index (χ2n) is 6.87. The molecule has 0 aromatic carbocycles. The van der Waals surface area contributed by atoms with Gasteiger partial charge in [-0.2, -0.15) is 0 Å². The van der Waals surface area contributed by atoms with Crippen molar-refractivity contribution in [3.63, 3.8) is 0 Å². The number of piperidine rings is 1. The van der Waals surface area contributed by atoms with Gasteiger partial charge in [0.2, 0.25) is 5.91 Å². The number of carbonyl (C=O) groups excluding carboxylic acids is 2. The number of aryl methyl sites for hydroxylation is 1. The number of nitrogens with zero attached hydrogens (tertiary/aromatic N) is 1. The average molecular weight is 334 g/mol. The molecule has 0 spiro atoms. The second-order valence-corrected chi connectivity index (χ2v) is 8.00. The number of amides is 2. The van der Waals surface area contributed by atoms with Gasteiger partial charge in [-0.25, -0.2) is 0 Å². The summed E-state index contributed by atoms with van der Waals surface area (Å²) in [5.41, 5.74) is 1.21. The van der Waals surface area contributed by atoms with Gasteiger partial charge in [0.15, 0.2) is 0 Å². The number of likely N-dealkylation sites (tertiary alicyclic amines) is 1. The lowest BCUT2D eigenvalue weighted by molar-refractivity contribution is -0.125. The summed E-state index contributed by atoms with van der Waals surface area (Å²) in [5, 5.41) is 2.92. The molecule has 1 saturated heterocycles. The van der Waals surface area contributed by atoms with E-state index in [9.17, 15) is 9.59 Å². The quantitative estimate of drug-likeness (QED) is 0.924. The summed E-state index contributed by atoms with van der Waals surface area (Å²) in [6.07, 6.45) is 4.81. The molecule has 4 nitrogen and oxygen atoms in total. The molecule has 1 aliphatic heterocycles. The number of nitrogens with one attached hydrogen (secondary N) is 1. The summed E-state index contributed by atoms with van der Waals surface area (Å²) in [6, 6.07) is 2.05. The van der Waals surface area contributed by atoms with Crippen molar-refractivity contribution < 1.29 is 9.59 Å². The maximum absolute atomic E-state index is 12.7. The SMILES string of the molecule is CCNC(=O)C1CCc2sc(C(=O)N3CCC(C)CC3)cc2C1. The van der Waals surface area contributed by atoms with Crippen molar-refractivity contribution in [1.29, 1.82) is 0 Å². The van der Waals surface area contributed by atoms with Crippen LogP contribution in [-0.4, -0.2) is 36.3 Å². The molecule has 1 N–H and O–H groups in total. The lowest BCUT2D eigenvalue weighted by Crippen LogP contribution is -2.37. The third-order valence-corrected chi connectivity index (χ3v) is 6.31. The zero-order valence-electron chi connectivity index (χ0n) is 14.1. The highest BCUT2D eigenvalue weighted by molar-refractivity contribution is 7.14. The zero-order valence-corrected chi connectivity index (χ0v) is 14.9. The molecule has 0 radical (unpaired) electrons. The van der Waals surface area contributed by atoms with Gasteiger partial charge < -0.3 is 10.2 Å². The number of carbonyl (C=O) groups is 2. The summed E-state index contributed by atoms with van der Waals surface area (Å²) < 4.78 is 0. The van der Waals surface area contributed by atoms with Gasteiger partial charge in [-0.3, -0.25) is 9.59 Å². The Labute approximate surface area is 142 Å². The molecule has 2 aliphatic rings. The highest BCUT2D eigenvalue weighted by atomic mass is 32.1. The van der Waals surface area contributed by atoms with Crippen LogP contribution in [0.3, 0.4) is 0 Å². The number of fused-ring (bicyclic) bond motifs is 1. The fraction of sp³-hybridized carbons (Fsp3) is 0.667. The van der Waals surface area contributed by atoms with Crippen LogP contribution >= 0.6 is 11.3 Å². The predicted octanol–water partition coefficient (Wildman–Crippen LogP) is 2.86. The molecule has 5 heteroatoms. The van der Waals surface area contributed by atoms with E-state index in [-0.39, 0.29) is 17.7 Å². The van der Waals surface area contributed by atoms with E-state index in [4.69, 9.17) is 0 Å². The van der Waals surface area contributed by atoms with Gasteiger partial charge in [0, 0.05) is 30.4 Å². The molecule has 1 fully saturated rings. The number of hydrogen-bond acceptors (Lipinski definition) is 3. The summed E-state index contributed by atoms with van der Waals surface area (Å²) >= 11 is 1.64. The normalized spacial score (nSPS) is 21.8. The predicted molar refractivity (Wildman–Crippen MR) is 92.8 cm³/mol. The van der Waals surface area contributed by atoms with E-state index in [1.807, 2.05) is 17.9 Å². The van der Waals surface area contributed by atoms with Gasteiger partial charge in [-0.15, -0.1) is 11.3 Å². The Morgan fingerprint density at radius 1 is 1.30 bits per heavy atom. The van der Waals surface area contributed by atoms with Crippen LogP contribution in [0.15, 0.2) is 6.07 Å². The summed E-state index contributed by atoms with van der Waals surface area (Å²) in [6.45, 7) is 6.65. The Balaban J connectivity index is 1.68. The minimum Gasteiger partial charge on any atom is -0.356 e. The molecular formula is C18H26N2O2S. The van der Waals surface area contributed by atoms with Crippen LogP contribution < -0.4 is 5.32 Å². The van der Waals surface area contributed by atoms with E-state index in [0.29, 0.717) is 6.54 Å². The lowest BCUT2D eigenvalue weighted by atomic mass is 9.87. The highest BCUT2D eigenvalue weighted by Crippen LogP contribution is 2.33. The fourth-order valence-electron chi connectivity index (χ4n) is 3.54. The number of rotatable bonds is 3. The van der Waals surface area contributed by atoms with Crippen molar-refractivity contribution >= 4 is 23.2 Å². The van der Waals surface area contributed by atoms with E-state index >= 15 is 0 Å². The molecule has 1 aromatic rings. The smallest absolute Gasteiger partial charge is 0.263 e. The van der Waals surface area contributed by atoms with Gasteiger partial charge in [0.1, 0.15) is 0 Å². The molecule has 2 amide bonds. The highest BCUT2D eigenvalue weighted by Gasteiger charge is 2.29. The molecule has 3 rings (SSSR count). The maximum Gasteiger partial charge on any atom is 0.263 e. The Bertz CT molecular complexity index is 588. The molecule has 1 atom stereocenters. The van der Waals surface area contributed by atoms with E-state index < -0.39 is 0 Å². The zero-order chi connectivity index (χ0) is 16.4. The molecule has 23 heavy (non-hydrogen) atoms. The van der Waals surface area contributed by atoms with Gasteiger partial charge in [-0.1, -0.05) is 6.92 Å². The third-order valence-electron chi connectivity index (χ3n) is 5.09. The minimum absolute atomic E-state index is 0.0656. The summed E-state index contributed by atoms with van der Waals surface area (Å²) in [4.78, 5) is 28.9. The first kappa shape index (κ1) is 16.5. The van der Waals surface area contributed by atoms with Crippen molar-refractivity contribution in [2.45, 2.75) is 46.0 Å². The molecule has 126 valence electrons. The standard InChI is InChI=1S/C18H26N2O2S/c1-3-19-17(21)13-4-5-15-14(10-13)11-16(23-15)18(22)20-8-6-12(2)7-9-20/h11-13H,3-10H2,1-2H3,(H,19,21). The molecule has 1 aromatic heterocycles. The van der Waals surface area contributed by atoms with Crippen LogP contribution in [0.5, 0.6) is 0 Å². The van der Waals surface area contributed by atoms with Crippen LogP contribution in [0.25, 0.3) is 0 Å². The Hall–Kier alpha value is -1.36. The summed E-state index contributed by atoms with van der Waals surface area (Å²) in [7, 11) is 0. The van der Waals surface area contributed by atoms with E-state index in [1.54, 1.807) is 11.3 Å². The van der Waals surface area contributed by atoms with Gasteiger partial charge in [-0.05, 0) is 56.6 Å². The topological polar surface area (TPSA) is 49.4 Å². The summed E-state index contributed by atoms with van der Waals surface area (Å²) in [5.74, 6) is 1.14. The average Bonchev–Trinajstić information content (AvgIpc) is 2.98. The van der Waals surface area contributed by atoms with Crippen molar-refractivity contribution in [2.24, 2.45) is 11.8 Å². The van der Waals surface area contributed by atoms with Crippen molar-refractivity contribution in [1.82, 2.24) is 10.2 Å². The Morgan fingerprint density at radius 3 is 2.74 bits per heavy atom. The molecule has 2 heterocycles. The first-order valence-electron chi connectivity index (χ1n) is 8.77. The van der Waals surface area contributed by atoms with Crippen LogP contribution in [0.1, 0.15) is 53.2 Å². The van der Waals surface area contributed by atoms with Crippen LogP contribution in [0, 0.1) is 11.8 Å². The molecule has 1 unspecified atom stereocenters. The van der Waals surface area contributed by atoms with E-state index in [2.05, 4.69) is 12.2 Å². The number of hydrogen-bond donors (Lipinski definition) is 1. The largest absolute Gasteiger partial charge is 0.356 e. The molecule has 0 bridgehead atoms.